The number of alkyl halides is 2. The predicted octanol–water partition coefficient (Wildman–Crippen LogP) is 3.49. The largest absolute Gasteiger partial charge is 0.487 e. The van der Waals surface area contributed by atoms with E-state index < -0.39 is 6.55 Å². The molecule has 0 spiro atoms. The first-order valence-corrected chi connectivity index (χ1v) is 6.04. The van der Waals surface area contributed by atoms with Crippen LogP contribution in [0.25, 0.3) is 0 Å². The average molecular weight is 328 g/mol. The molecule has 0 bridgehead atoms. The van der Waals surface area contributed by atoms with Gasteiger partial charge in [-0.25, -0.2) is 4.68 Å². The van der Waals surface area contributed by atoms with Gasteiger partial charge >= 0.3 is 6.55 Å². The van der Waals surface area contributed by atoms with Crippen LogP contribution in [0.3, 0.4) is 0 Å². The van der Waals surface area contributed by atoms with Crippen LogP contribution in [0.15, 0.2) is 34.9 Å². The van der Waals surface area contributed by atoms with Crippen molar-refractivity contribution in [2.75, 3.05) is 0 Å². The molecule has 0 aliphatic rings. The number of benzene rings is 1. The van der Waals surface area contributed by atoms with Gasteiger partial charge in [0.05, 0.1) is 5.56 Å². The summed E-state index contributed by atoms with van der Waals surface area (Å²) in [6.45, 7) is -2.60. The van der Waals surface area contributed by atoms with Crippen LogP contribution in [0.1, 0.15) is 17.8 Å². The lowest BCUT2D eigenvalue weighted by Gasteiger charge is -2.05. The maximum atomic E-state index is 12.3. The fourth-order valence-electron chi connectivity index (χ4n) is 1.40. The maximum Gasteiger partial charge on any atom is 0.333 e. The Labute approximate surface area is 116 Å². The van der Waals surface area contributed by atoms with Crippen molar-refractivity contribution in [3.63, 3.8) is 0 Å². The molecule has 1 aromatic heterocycles. The molecule has 2 aromatic rings. The molecule has 0 saturated heterocycles. The van der Waals surface area contributed by atoms with Crippen molar-refractivity contribution in [2.45, 2.75) is 13.2 Å². The summed E-state index contributed by atoms with van der Waals surface area (Å²) in [5.74, 6) is 0.478. The standard InChI is InChI=1S/C12H8BrF2N3O/c13-11-2-1-10(5-8(11)6-16)19-7-9-3-4-18(17-9)12(14)15/h1-5,12H,7H2. The summed E-state index contributed by atoms with van der Waals surface area (Å²) < 4.78 is 31.2. The van der Waals surface area contributed by atoms with Gasteiger partial charge in [-0.05, 0) is 40.2 Å². The van der Waals surface area contributed by atoms with Gasteiger partial charge in [0, 0.05) is 10.7 Å². The van der Waals surface area contributed by atoms with Crippen LogP contribution in [0.5, 0.6) is 5.75 Å². The molecule has 98 valence electrons. The number of hydrogen-bond donors (Lipinski definition) is 0. The molecule has 0 atom stereocenters. The third-order valence-electron chi connectivity index (χ3n) is 2.31. The van der Waals surface area contributed by atoms with E-state index >= 15 is 0 Å². The lowest BCUT2D eigenvalue weighted by Crippen LogP contribution is -2.01. The first-order valence-electron chi connectivity index (χ1n) is 5.25. The van der Waals surface area contributed by atoms with Gasteiger partial charge in [0.1, 0.15) is 24.1 Å². The third kappa shape index (κ3) is 3.29. The molecule has 7 heteroatoms. The molecule has 2 rings (SSSR count). The number of ether oxygens (including phenoxy) is 1. The van der Waals surface area contributed by atoms with Gasteiger partial charge in [-0.2, -0.15) is 19.1 Å². The molecular weight excluding hydrogens is 320 g/mol. The number of nitrogens with zero attached hydrogens (tertiary/aromatic N) is 3. The maximum absolute atomic E-state index is 12.3. The van der Waals surface area contributed by atoms with Crippen LogP contribution in [-0.2, 0) is 6.61 Å². The number of aromatic nitrogens is 2. The minimum Gasteiger partial charge on any atom is -0.487 e. The SMILES string of the molecule is N#Cc1cc(OCc2ccn(C(F)F)n2)ccc1Br. The van der Waals surface area contributed by atoms with E-state index in [-0.39, 0.29) is 6.61 Å². The lowest BCUT2D eigenvalue weighted by atomic mass is 10.2. The van der Waals surface area contributed by atoms with Crippen molar-refractivity contribution in [1.29, 1.82) is 5.26 Å². The van der Waals surface area contributed by atoms with Crippen LogP contribution in [0.2, 0.25) is 0 Å². The van der Waals surface area contributed by atoms with E-state index in [1.54, 1.807) is 18.2 Å². The molecule has 0 aliphatic heterocycles. The van der Waals surface area contributed by atoms with Gasteiger partial charge in [-0.1, -0.05) is 0 Å². The fraction of sp³-hybridized carbons (Fsp3) is 0.167. The van der Waals surface area contributed by atoms with E-state index in [0.717, 1.165) is 0 Å². The summed E-state index contributed by atoms with van der Waals surface area (Å²) in [5.41, 5.74) is 0.831. The van der Waals surface area contributed by atoms with Crippen molar-refractivity contribution >= 4 is 15.9 Å². The van der Waals surface area contributed by atoms with E-state index in [2.05, 4.69) is 21.0 Å². The molecule has 0 radical (unpaired) electrons. The highest BCUT2D eigenvalue weighted by atomic mass is 79.9. The number of rotatable bonds is 4. The van der Waals surface area contributed by atoms with Gasteiger partial charge < -0.3 is 4.74 Å². The summed E-state index contributed by atoms with van der Waals surface area (Å²) in [4.78, 5) is 0. The summed E-state index contributed by atoms with van der Waals surface area (Å²) in [5, 5.41) is 12.5. The highest BCUT2D eigenvalue weighted by Crippen LogP contribution is 2.22. The van der Waals surface area contributed by atoms with Crippen LogP contribution < -0.4 is 4.74 Å². The van der Waals surface area contributed by atoms with Gasteiger partial charge in [-0.3, -0.25) is 0 Å². The zero-order valence-electron chi connectivity index (χ0n) is 9.55. The van der Waals surface area contributed by atoms with E-state index in [1.807, 2.05) is 6.07 Å². The molecule has 4 nitrogen and oxygen atoms in total. The smallest absolute Gasteiger partial charge is 0.333 e. The molecule has 0 N–H and O–H groups in total. The Hall–Kier alpha value is -1.94. The van der Waals surface area contributed by atoms with Crippen molar-refractivity contribution in [1.82, 2.24) is 9.78 Å². The van der Waals surface area contributed by atoms with Crippen molar-refractivity contribution in [3.05, 3.63) is 46.2 Å². The molecule has 0 aliphatic carbocycles. The van der Waals surface area contributed by atoms with E-state index in [0.29, 0.717) is 26.2 Å². The summed E-state index contributed by atoms with van der Waals surface area (Å²) in [6.07, 6.45) is 1.19. The molecule has 0 fully saturated rings. The lowest BCUT2D eigenvalue weighted by molar-refractivity contribution is 0.0557. The Morgan fingerprint density at radius 1 is 1.42 bits per heavy atom. The Morgan fingerprint density at radius 2 is 2.21 bits per heavy atom. The normalized spacial score (nSPS) is 10.5. The topological polar surface area (TPSA) is 50.8 Å². The summed E-state index contributed by atoms with van der Waals surface area (Å²) >= 11 is 3.23. The van der Waals surface area contributed by atoms with Gasteiger partial charge in [-0.15, -0.1) is 0 Å². The third-order valence-corrected chi connectivity index (χ3v) is 3.00. The molecule has 0 unspecified atom stereocenters. The van der Waals surface area contributed by atoms with E-state index in [4.69, 9.17) is 10.00 Å². The molecule has 1 aromatic carbocycles. The monoisotopic (exact) mass is 327 g/mol. The van der Waals surface area contributed by atoms with Crippen LogP contribution in [0, 0.1) is 11.3 Å². The highest BCUT2D eigenvalue weighted by molar-refractivity contribution is 9.10. The first-order chi connectivity index (χ1) is 9.10. The second-order valence-corrected chi connectivity index (χ2v) is 4.46. The highest BCUT2D eigenvalue weighted by Gasteiger charge is 2.08. The van der Waals surface area contributed by atoms with Crippen LogP contribution in [-0.4, -0.2) is 9.78 Å². The van der Waals surface area contributed by atoms with Crippen molar-refractivity contribution in [3.8, 4) is 11.8 Å². The summed E-state index contributed by atoms with van der Waals surface area (Å²) in [6, 6.07) is 8.39. The minimum absolute atomic E-state index is 0.0617. The first kappa shape index (κ1) is 13.5. The van der Waals surface area contributed by atoms with Gasteiger partial charge in [0.15, 0.2) is 0 Å². The van der Waals surface area contributed by atoms with Crippen molar-refractivity contribution < 1.29 is 13.5 Å². The number of nitriles is 1. The zero-order valence-corrected chi connectivity index (χ0v) is 11.1. The van der Waals surface area contributed by atoms with Crippen molar-refractivity contribution in [2.24, 2.45) is 0 Å². The van der Waals surface area contributed by atoms with Crippen LogP contribution >= 0.6 is 15.9 Å². The molecule has 0 amide bonds. The van der Waals surface area contributed by atoms with Gasteiger partial charge in [0.25, 0.3) is 0 Å². The molecule has 19 heavy (non-hydrogen) atoms. The Balaban J connectivity index is 2.04. The second kappa shape index (κ2) is 5.80. The molecule has 0 saturated carbocycles. The molecule has 1 heterocycles. The Kier molecular flexibility index (Phi) is 4.12. The molecular formula is C12H8BrF2N3O. The fourth-order valence-corrected chi connectivity index (χ4v) is 1.74. The quantitative estimate of drug-likeness (QED) is 0.863. The Bertz CT molecular complexity index is 622. The number of hydrogen-bond acceptors (Lipinski definition) is 3. The second-order valence-electron chi connectivity index (χ2n) is 3.61. The number of halogens is 3. The zero-order chi connectivity index (χ0) is 13.8. The minimum atomic E-state index is -2.66. The van der Waals surface area contributed by atoms with Crippen LogP contribution in [0.4, 0.5) is 8.78 Å². The van der Waals surface area contributed by atoms with E-state index in [9.17, 15) is 8.78 Å². The Morgan fingerprint density at radius 3 is 2.84 bits per heavy atom. The predicted molar refractivity (Wildman–Crippen MR) is 66.7 cm³/mol. The summed E-state index contributed by atoms with van der Waals surface area (Å²) in [7, 11) is 0. The van der Waals surface area contributed by atoms with Gasteiger partial charge in [0.2, 0.25) is 0 Å². The average Bonchev–Trinajstić information content (AvgIpc) is 2.87. The van der Waals surface area contributed by atoms with E-state index in [1.165, 1.54) is 12.3 Å².